The molecule has 0 N–H and O–H groups in total. The van der Waals surface area contributed by atoms with Crippen LogP contribution in [0.25, 0.3) is 0 Å². The molecule has 3 aromatic rings. The van der Waals surface area contributed by atoms with Crippen LogP contribution in [0.15, 0.2) is 84.9 Å². The summed E-state index contributed by atoms with van der Waals surface area (Å²) in [7, 11) is 0. The fourth-order valence-corrected chi connectivity index (χ4v) is 4.81. The lowest BCUT2D eigenvalue weighted by Crippen LogP contribution is -2.53. The summed E-state index contributed by atoms with van der Waals surface area (Å²) in [4.78, 5) is 28.3. The highest BCUT2D eigenvalue weighted by Gasteiger charge is 2.44. The van der Waals surface area contributed by atoms with E-state index < -0.39 is 5.60 Å². The highest BCUT2D eigenvalue weighted by atomic mass is 16.5. The Hall–Kier alpha value is -3.40. The van der Waals surface area contributed by atoms with Gasteiger partial charge in [0, 0.05) is 25.9 Å². The summed E-state index contributed by atoms with van der Waals surface area (Å²) in [6, 6.07) is 27.4. The molecule has 156 valence electrons. The van der Waals surface area contributed by atoms with Gasteiger partial charge in [0.05, 0.1) is 17.9 Å². The van der Waals surface area contributed by atoms with Crippen LogP contribution in [0.1, 0.15) is 46.7 Å². The number of ketones is 1. The van der Waals surface area contributed by atoms with Crippen LogP contribution in [0.3, 0.4) is 0 Å². The van der Waals surface area contributed by atoms with Gasteiger partial charge in [-0.3, -0.25) is 9.59 Å². The molecule has 5 rings (SSSR count). The number of carbonyl (C=O) groups is 2. The lowest BCUT2D eigenvalue weighted by molar-refractivity contribution is -0.135. The molecule has 0 aliphatic carbocycles. The van der Waals surface area contributed by atoms with Gasteiger partial charge >= 0.3 is 0 Å². The highest BCUT2D eigenvalue weighted by Crippen LogP contribution is 2.40. The zero-order valence-corrected chi connectivity index (χ0v) is 17.4. The van der Waals surface area contributed by atoms with E-state index >= 15 is 0 Å². The summed E-state index contributed by atoms with van der Waals surface area (Å²) in [5.41, 5.74) is 2.16. The average Bonchev–Trinajstić information content (AvgIpc) is 2.81. The SMILES string of the molecule is O=C1CC2(CCN(C(=O)C(c3ccccc3)c3ccccc3)CC2)Oc2ccccc21. The zero-order valence-electron chi connectivity index (χ0n) is 17.4. The van der Waals surface area contributed by atoms with E-state index in [1.54, 1.807) is 0 Å². The molecule has 0 bridgehead atoms. The van der Waals surface area contributed by atoms with Crippen molar-refractivity contribution in [2.45, 2.75) is 30.8 Å². The highest BCUT2D eigenvalue weighted by molar-refractivity contribution is 6.00. The number of rotatable bonds is 3. The minimum Gasteiger partial charge on any atom is -0.486 e. The molecule has 3 aromatic carbocycles. The van der Waals surface area contributed by atoms with Crippen molar-refractivity contribution < 1.29 is 14.3 Å². The van der Waals surface area contributed by atoms with Gasteiger partial charge in [-0.1, -0.05) is 72.8 Å². The van der Waals surface area contributed by atoms with Crippen molar-refractivity contribution >= 4 is 11.7 Å². The van der Waals surface area contributed by atoms with E-state index in [1.807, 2.05) is 89.8 Å². The molecule has 0 unspecified atom stereocenters. The number of ether oxygens (including phenoxy) is 1. The normalized spacial score (nSPS) is 17.3. The van der Waals surface area contributed by atoms with Gasteiger partial charge in [0.25, 0.3) is 0 Å². The van der Waals surface area contributed by atoms with Crippen molar-refractivity contribution in [2.24, 2.45) is 0 Å². The molecule has 2 aliphatic rings. The predicted octanol–water partition coefficient (Wildman–Crippen LogP) is 4.85. The van der Waals surface area contributed by atoms with E-state index in [-0.39, 0.29) is 17.6 Å². The van der Waals surface area contributed by atoms with Gasteiger partial charge in [0.1, 0.15) is 11.4 Å². The van der Waals surface area contributed by atoms with Crippen LogP contribution >= 0.6 is 0 Å². The van der Waals surface area contributed by atoms with Gasteiger partial charge in [-0.15, -0.1) is 0 Å². The fourth-order valence-electron chi connectivity index (χ4n) is 4.81. The first-order valence-electron chi connectivity index (χ1n) is 10.9. The lowest BCUT2D eigenvalue weighted by Gasteiger charge is -2.44. The number of Topliss-reactive ketones (excluding diaryl/α,β-unsaturated/α-hetero) is 1. The van der Waals surface area contributed by atoms with E-state index in [0.717, 1.165) is 11.1 Å². The average molecular weight is 412 g/mol. The Morgan fingerprint density at radius 1 is 0.806 bits per heavy atom. The number of hydrogen-bond donors (Lipinski definition) is 0. The van der Waals surface area contributed by atoms with E-state index in [0.29, 0.717) is 43.7 Å². The number of benzene rings is 3. The van der Waals surface area contributed by atoms with E-state index in [4.69, 9.17) is 4.74 Å². The number of para-hydroxylation sites is 1. The lowest BCUT2D eigenvalue weighted by atomic mass is 9.81. The van der Waals surface area contributed by atoms with Crippen LogP contribution in [0, 0.1) is 0 Å². The molecule has 4 nitrogen and oxygen atoms in total. The molecule has 2 heterocycles. The number of piperidine rings is 1. The molecule has 31 heavy (non-hydrogen) atoms. The third-order valence-electron chi connectivity index (χ3n) is 6.50. The first-order chi connectivity index (χ1) is 15.2. The predicted molar refractivity (Wildman–Crippen MR) is 119 cm³/mol. The third-order valence-corrected chi connectivity index (χ3v) is 6.50. The molecule has 4 heteroatoms. The molecular formula is C27H25NO3. The van der Waals surface area contributed by atoms with Crippen molar-refractivity contribution in [2.75, 3.05) is 13.1 Å². The molecule has 2 aliphatic heterocycles. The van der Waals surface area contributed by atoms with Gasteiger partial charge in [0.15, 0.2) is 5.78 Å². The Kier molecular flexibility index (Phi) is 5.06. The van der Waals surface area contributed by atoms with Gasteiger partial charge in [-0.25, -0.2) is 0 Å². The summed E-state index contributed by atoms with van der Waals surface area (Å²) in [6.45, 7) is 1.18. The van der Waals surface area contributed by atoms with E-state index in [9.17, 15) is 9.59 Å². The second kappa shape index (κ2) is 8.03. The number of carbonyl (C=O) groups excluding carboxylic acids is 2. The first-order valence-corrected chi connectivity index (χ1v) is 10.9. The Morgan fingerprint density at radius 2 is 1.35 bits per heavy atom. The van der Waals surface area contributed by atoms with Gasteiger partial charge in [-0.2, -0.15) is 0 Å². The maximum absolute atomic E-state index is 13.7. The number of nitrogens with zero attached hydrogens (tertiary/aromatic N) is 1. The molecule has 1 fully saturated rings. The number of hydrogen-bond acceptors (Lipinski definition) is 3. The fraction of sp³-hybridized carbons (Fsp3) is 0.259. The van der Waals surface area contributed by atoms with Crippen LogP contribution < -0.4 is 4.74 Å². The van der Waals surface area contributed by atoms with Crippen molar-refractivity contribution in [1.29, 1.82) is 0 Å². The monoisotopic (exact) mass is 411 g/mol. The zero-order chi connectivity index (χ0) is 21.3. The Balaban J connectivity index is 1.36. The van der Waals surface area contributed by atoms with Crippen LogP contribution in [-0.2, 0) is 4.79 Å². The van der Waals surface area contributed by atoms with Crippen LogP contribution in [-0.4, -0.2) is 35.3 Å². The summed E-state index contributed by atoms with van der Waals surface area (Å²) < 4.78 is 6.33. The Morgan fingerprint density at radius 3 is 1.97 bits per heavy atom. The van der Waals surface area contributed by atoms with Crippen molar-refractivity contribution in [3.63, 3.8) is 0 Å². The van der Waals surface area contributed by atoms with Crippen molar-refractivity contribution in [3.8, 4) is 5.75 Å². The summed E-state index contributed by atoms with van der Waals surface area (Å²) in [5, 5.41) is 0. The van der Waals surface area contributed by atoms with Crippen molar-refractivity contribution in [3.05, 3.63) is 102 Å². The summed E-state index contributed by atoms with van der Waals surface area (Å²) >= 11 is 0. The standard InChI is InChI=1S/C27H25NO3/c29-23-19-27(31-24-14-8-7-13-22(23)24)15-17-28(18-16-27)26(30)25(20-9-3-1-4-10-20)21-11-5-2-6-12-21/h1-14,25H,15-19H2. The van der Waals surface area contributed by atoms with Crippen LogP contribution in [0.4, 0.5) is 0 Å². The molecule has 0 aromatic heterocycles. The maximum Gasteiger partial charge on any atom is 0.234 e. The van der Waals surface area contributed by atoms with Crippen LogP contribution in [0.2, 0.25) is 0 Å². The first kappa shape index (κ1) is 19.6. The van der Waals surface area contributed by atoms with Gasteiger partial charge in [0.2, 0.25) is 5.91 Å². The van der Waals surface area contributed by atoms with Crippen molar-refractivity contribution in [1.82, 2.24) is 4.90 Å². The minimum atomic E-state index is -0.503. The maximum atomic E-state index is 13.7. The molecule has 1 spiro atoms. The largest absolute Gasteiger partial charge is 0.486 e. The Bertz CT molecular complexity index is 1050. The second-order valence-electron chi connectivity index (χ2n) is 8.46. The molecule has 0 atom stereocenters. The molecule has 1 saturated heterocycles. The molecular weight excluding hydrogens is 386 g/mol. The smallest absolute Gasteiger partial charge is 0.234 e. The molecule has 1 amide bonds. The van der Waals surface area contributed by atoms with E-state index in [1.165, 1.54) is 0 Å². The van der Waals surface area contributed by atoms with Crippen LogP contribution in [0.5, 0.6) is 5.75 Å². The summed E-state index contributed by atoms with van der Waals surface area (Å²) in [5.74, 6) is 0.582. The topological polar surface area (TPSA) is 46.6 Å². The number of fused-ring (bicyclic) bond motifs is 1. The minimum absolute atomic E-state index is 0.106. The van der Waals surface area contributed by atoms with Gasteiger partial charge in [-0.05, 0) is 23.3 Å². The second-order valence-corrected chi connectivity index (χ2v) is 8.46. The molecule has 0 saturated carbocycles. The van der Waals surface area contributed by atoms with Gasteiger partial charge < -0.3 is 9.64 Å². The summed E-state index contributed by atoms with van der Waals surface area (Å²) in [6.07, 6.45) is 1.71. The Labute approximate surface area is 182 Å². The molecule has 0 radical (unpaired) electrons. The number of amides is 1. The third kappa shape index (κ3) is 3.74. The number of likely N-dealkylation sites (tertiary alicyclic amines) is 1. The van der Waals surface area contributed by atoms with E-state index in [2.05, 4.69) is 0 Å². The quantitative estimate of drug-likeness (QED) is 0.619.